The third-order valence-electron chi connectivity index (χ3n) is 4.31. The van der Waals surface area contributed by atoms with Gasteiger partial charge in [0, 0.05) is 19.1 Å². The Morgan fingerprint density at radius 2 is 1.72 bits per heavy atom. The zero-order chi connectivity index (χ0) is 18.3. The standard InChI is InChI=1S/C20H28N2O2S/c1-4-20(21-5-2)18-13-10-14-19(15-18)25(23,24)22(6-3)16-17-11-8-7-9-12-17/h7-15,20-21H,4-6,16H2,1-3H3. The normalized spacial score (nSPS) is 13.1. The van der Waals surface area contributed by atoms with E-state index in [1.54, 1.807) is 12.1 Å². The fraction of sp³-hybridized carbons (Fsp3) is 0.400. The van der Waals surface area contributed by atoms with E-state index in [9.17, 15) is 8.42 Å². The minimum atomic E-state index is -3.52. The van der Waals surface area contributed by atoms with Gasteiger partial charge < -0.3 is 5.32 Å². The van der Waals surface area contributed by atoms with Gasteiger partial charge in [-0.05, 0) is 36.2 Å². The Kier molecular flexibility index (Phi) is 7.17. The number of hydrogen-bond donors (Lipinski definition) is 1. The zero-order valence-electron chi connectivity index (χ0n) is 15.3. The van der Waals surface area contributed by atoms with E-state index >= 15 is 0 Å². The molecule has 1 atom stereocenters. The number of nitrogens with zero attached hydrogens (tertiary/aromatic N) is 1. The highest BCUT2D eigenvalue weighted by Crippen LogP contribution is 2.23. The molecule has 2 rings (SSSR count). The largest absolute Gasteiger partial charge is 0.310 e. The van der Waals surface area contributed by atoms with Gasteiger partial charge in [-0.3, -0.25) is 0 Å². The minimum absolute atomic E-state index is 0.171. The quantitative estimate of drug-likeness (QED) is 0.736. The molecule has 0 amide bonds. The third kappa shape index (κ3) is 4.91. The lowest BCUT2D eigenvalue weighted by molar-refractivity contribution is 0.423. The lowest BCUT2D eigenvalue weighted by Crippen LogP contribution is -2.30. The van der Waals surface area contributed by atoms with Gasteiger partial charge in [0.05, 0.1) is 4.90 Å². The van der Waals surface area contributed by atoms with Gasteiger partial charge in [-0.15, -0.1) is 0 Å². The van der Waals surface area contributed by atoms with Crippen LogP contribution < -0.4 is 5.32 Å². The Morgan fingerprint density at radius 1 is 1.00 bits per heavy atom. The molecule has 0 fully saturated rings. The van der Waals surface area contributed by atoms with Crippen LogP contribution in [0.3, 0.4) is 0 Å². The van der Waals surface area contributed by atoms with E-state index in [-0.39, 0.29) is 6.04 Å². The molecule has 2 aromatic rings. The fourth-order valence-corrected chi connectivity index (χ4v) is 4.43. The van der Waals surface area contributed by atoms with Gasteiger partial charge in [0.25, 0.3) is 0 Å². The van der Waals surface area contributed by atoms with Crippen LogP contribution in [0.5, 0.6) is 0 Å². The Hall–Kier alpha value is -1.69. The first-order valence-corrected chi connectivity index (χ1v) is 10.3. The van der Waals surface area contributed by atoms with Crippen LogP contribution in [0.25, 0.3) is 0 Å². The van der Waals surface area contributed by atoms with E-state index < -0.39 is 10.0 Å². The second kappa shape index (κ2) is 9.13. The summed E-state index contributed by atoms with van der Waals surface area (Å²) in [5.41, 5.74) is 2.00. The highest BCUT2D eigenvalue weighted by Gasteiger charge is 2.24. The second-order valence-electron chi connectivity index (χ2n) is 6.01. The number of hydrogen-bond acceptors (Lipinski definition) is 3. The number of rotatable bonds is 9. The monoisotopic (exact) mass is 360 g/mol. The van der Waals surface area contributed by atoms with Crippen LogP contribution in [0.1, 0.15) is 44.4 Å². The summed E-state index contributed by atoms with van der Waals surface area (Å²) in [6.45, 7) is 7.70. The zero-order valence-corrected chi connectivity index (χ0v) is 16.1. The Morgan fingerprint density at radius 3 is 2.32 bits per heavy atom. The van der Waals surface area contributed by atoms with Crippen LogP contribution in [-0.4, -0.2) is 25.8 Å². The van der Waals surface area contributed by atoms with Gasteiger partial charge in [-0.2, -0.15) is 4.31 Å². The van der Waals surface area contributed by atoms with Crippen LogP contribution in [0.4, 0.5) is 0 Å². The van der Waals surface area contributed by atoms with E-state index in [4.69, 9.17) is 0 Å². The van der Waals surface area contributed by atoms with Crippen molar-refractivity contribution in [2.75, 3.05) is 13.1 Å². The van der Waals surface area contributed by atoms with Crippen LogP contribution in [0.15, 0.2) is 59.5 Å². The maximum Gasteiger partial charge on any atom is 0.243 e. The highest BCUT2D eigenvalue weighted by molar-refractivity contribution is 7.89. The maximum absolute atomic E-state index is 13.1. The molecule has 25 heavy (non-hydrogen) atoms. The number of benzene rings is 2. The summed E-state index contributed by atoms with van der Waals surface area (Å²) in [4.78, 5) is 0.360. The van der Waals surface area contributed by atoms with E-state index in [0.717, 1.165) is 24.1 Å². The lowest BCUT2D eigenvalue weighted by Gasteiger charge is -2.22. The van der Waals surface area contributed by atoms with Crippen molar-refractivity contribution in [2.45, 2.75) is 44.7 Å². The van der Waals surface area contributed by atoms with E-state index in [0.29, 0.717) is 18.0 Å². The van der Waals surface area contributed by atoms with Crippen molar-refractivity contribution >= 4 is 10.0 Å². The molecule has 0 spiro atoms. The first kappa shape index (κ1) is 19.6. The molecule has 5 heteroatoms. The minimum Gasteiger partial charge on any atom is -0.310 e. The van der Waals surface area contributed by atoms with Gasteiger partial charge in [0.2, 0.25) is 10.0 Å². The van der Waals surface area contributed by atoms with Crippen molar-refractivity contribution in [3.63, 3.8) is 0 Å². The molecule has 0 saturated carbocycles. The summed E-state index contributed by atoms with van der Waals surface area (Å²) in [5, 5.41) is 3.40. The van der Waals surface area contributed by atoms with Crippen molar-refractivity contribution < 1.29 is 8.42 Å². The molecular weight excluding hydrogens is 332 g/mol. The molecule has 0 aliphatic heterocycles. The predicted molar refractivity (Wildman–Crippen MR) is 103 cm³/mol. The Bertz CT molecular complexity index is 760. The molecule has 0 heterocycles. The summed E-state index contributed by atoms with van der Waals surface area (Å²) in [7, 11) is -3.52. The molecule has 0 aliphatic rings. The average molecular weight is 361 g/mol. The molecule has 0 radical (unpaired) electrons. The van der Waals surface area contributed by atoms with Gasteiger partial charge in [0.1, 0.15) is 0 Å². The smallest absolute Gasteiger partial charge is 0.243 e. The molecule has 2 aromatic carbocycles. The van der Waals surface area contributed by atoms with Crippen LogP contribution in [0, 0.1) is 0 Å². The predicted octanol–water partition coefficient (Wildman–Crippen LogP) is 3.96. The summed E-state index contributed by atoms with van der Waals surface area (Å²) in [6, 6.07) is 17.2. The summed E-state index contributed by atoms with van der Waals surface area (Å²) in [6.07, 6.45) is 0.916. The molecule has 0 saturated heterocycles. The maximum atomic E-state index is 13.1. The molecule has 4 nitrogen and oxygen atoms in total. The molecule has 0 bridgehead atoms. The molecule has 136 valence electrons. The summed E-state index contributed by atoms with van der Waals surface area (Å²) >= 11 is 0. The Labute approximate surface area is 151 Å². The van der Waals surface area contributed by atoms with Crippen molar-refractivity contribution in [1.82, 2.24) is 9.62 Å². The summed E-state index contributed by atoms with van der Waals surface area (Å²) < 4.78 is 27.7. The Balaban J connectivity index is 2.31. The lowest BCUT2D eigenvalue weighted by atomic mass is 10.0. The van der Waals surface area contributed by atoms with Gasteiger partial charge in [-0.1, -0.05) is 63.2 Å². The van der Waals surface area contributed by atoms with E-state index in [1.165, 1.54) is 4.31 Å². The first-order valence-electron chi connectivity index (χ1n) is 8.90. The first-order chi connectivity index (χ1) is 12.0. The molecular formula is C20H28N2O2S. The van der Waals surface area contributed by atoms with Crippen LogP contribution in [-0.2, 0) is 16.6 Å². The van der Waals surface area contributed by atoms with Crippen molar-refractivity contribution in [3.05, 3.63) is 65.7 Å². The van der Waals surface area contributed by atoms with Gasteiger partial charge in [0.15, 0.2) is 0 Å². The average Bonchev–Trinajstić information content (AvgIpc) is 2.65. The SMILES string of the molecule is CCNC(CC)c1cccc(S(=O)(=O)N(CC)Cc2ccccc2)c1. The van der Waals surface area contributed by atoms with Gasteiger partial charge in [-0.25, -0.2) is 8.42 Å². The number of nitrogens with one attached hydrogen (secondary N) is 1. The number of sulfonamides is 1. The third-order valence-corrected chi connectivity index (χ3v) is 6.23. The topological polar surface area (TPSA) is 49.4 Å². The molecule has 1 N–H and O–H groups in total. The van der Waals surface area contributed by atoms with Crippen LogP contribution >= 0.6 is 0 Å². The van der Waals surface area contributed by atoms with E-state index in [2.05, 4.69) is 19.2 Å². The van der Waals surface area contributed by atoms with E-state index in [1.807, 2.05) is 49.4 Å². The van der Waals surface area contributed by atoms with Crippen molar-refractivity contribution in [3.8, 4) is 0 Å². The molecule has 1 unspecified atom stereocenters. The van der Waals surface area contributed by atoms with Gasteiger partial charge >= 0.3 is 0 Å². The fourth-order valence-electron chi connectivity index (χ4n) is 2.94. The van der Waals surface area contributed by atoms with Crippen LogP contribution in [0.2, 0.25) is 0 Å². The summed E-state index contributed by atoms with van der Waals surface area (Å²) in [5.74, 6) is 0. The van der Waals surface area contributed by atoms with Crippen molar-refractivity contribution in [2.24, 2.45) is 0 Å². The molecule has 0 aromatic heterocycles. The van der Waals surface area contributed by atoms with Crippen molar-refractivity contribution in [1.29, 1.82) is 0 Å². The highest BCUT2D eigenvalue weighted by atomic mass is 32.2. The molecule has 0 aliphatic carbocycles. The second-order valence-corrected chi connectivity index (χ2v) is 7.95.